The highest BCUT2D eigenvalue weighted by Gasteiger charge is 2.23. The molecule has 8 heteroatoms. The summed E-state index contributed by atoms with van der Waals surface area (Å²) in [7, 11) is 3.25. The lowest BCUT2D eigenvalue weighted by Crippen LogP contribution is -2.49. The quantitative estimate of drug-likeness (QED) is 0.461. The fraction of sp³-hybridized carbons (Fsp3) is 0.407. The molecule has 2 heterocycles. The highest BCUT2D eigenvalue weighted by Crippen LogP contribution is 2.30. The highest BCUT2D eigenvalue weighted by molar-refractivity contribution is 5.95. The van der Waals surface area contributed by atoms with E-state index in [0.29, 0.717) is 36.8 Å². The van der Waals surface area contributed by atoms with Gasteiger partial charge in [-0.3, -0.25) is 9.69 Å². The Morgan fingerprint density at radius 3 is 2.34 bits per heavy atom. The fourth-order valence-electron chi connectivity index (χ4n) is 4.21. The molecule has 0 atom stereocenters. The predicted molar refractivity (Wildman–Crippen MR) is 132 cm³/mol. The molecule has 0 radical (unpaired) electrons. The summed E-state index contributed by atoms with van der Waals surface area (Å²) in [5.41, 5.74) is 3.60. The van der Waals surface area contributed by atoms with Crippen LogP contribution in [0.5, 0.6) is 17.2 Å². The Kier molecular flexibility index (Phi) is 7.92. The van der Waals surface area contributed by atoms with Gasteiger partial charge in [-0.25, -0.2) is 0 Å². The number of aromatic nitrogens is 1. The molecule has 1 fully saturated rings. The molecule has 1 amide bonds. The van der Waals surface area contributed by atoms with Crippen LogP contribution in [-0.4, -0.2) is 67.8 Å². The molecule has 0 saturated carbocycles. The Morgan fingerprint density at radius 2 is 1.71 bits per heavy atom. The van der Waals surface area contributed by atoms with Gasteiger partial charge in [-0.2, -0.15) is 0 Å². The number of benzene rings is 2. The predicted octanol–water partition coefficient (Wildman–Crippen LogP) is 3.89. The second-order valence-electron chi connectivity index (χ2n) is 8.69. The van der Waals surface area contributed by atoms with Gasteiger partial charge in [0.05, 0.1) is 25.5 Å². The molecular formula is C27H33N3O5. The van der Waals surface area contributed by atoms with E-state index in [0.717, 1.165) is 48.8 Å². The average Bonchev–Trinajstić information content (AvgIpc) is 3.23. The first-order valence-corrected chi connectivity index (χ1v) is 11.9. The summed E-state index contributed by atoms with van der Waals surface area (Å²) < 4.78 is 21.9. The summed E-state index contributed by atoms with van der Waals surface area (Å²) in [5, 5.41) is 3.95. The number of carbonyl (C=O) groups is 1. The topological polar surface area (TPSA) is 77.3 Å². The zero-order valence-corrected chi connectivity index (χ0v) is 20.9. The number of piperazine rings is 1. The average molecular weight is 480 g/mol. The van der Waals surface area contributed by atoms with Crippen molar-refractivity contribution >= 4 is 5.91 Å². The van der Waals surface area contributed by atoms with E-state index in [4.69, 9.17) is 18.7 Å². The molecule has 1 aliphatic rings. The Labute approximate surface area is 206 Å². The van der Waals surface area contributed by atoms with Gasteiger partial charge >= 0.3 is 0 Å². The van der Waals surface area contributed by atoms with Crippen LogP contribution in [0.1, 0.15) is 32.9 Å². The van der Waals surface area contributed by atoms with E-state index in [-0.39, 0.29) is 5.91 Å². The molecule has 1 aliphatic heterocycles. The van der Waals surface area contributed by atoms with E-state index >= 15 is 0 Å². The normalized spacial score (nSPS) is 14.1. The van der Waals surface area contributed by atoms with Crippen LogP contribution in [0.4, 0.5) is 0 Å². The number of hydrogen-bond donors (Lipinski definition) is 0. The molecule has 35 heavy (non-hydrogen) atoms. The van der Waals surface area contributed by atoms with Crippen LogP contribution in [0.2, 0.25) is 0 Å². The van der Waals surface area contributed by atoms with Gasteiger partial charge in [0.1, 0.15) is 18.1 Å². The zero-order valence-electron chi connectivity index (χ0n) is 20.9. The maximum absolute atomic E-state index is 13.1. The van der Waals surface area contributed by atoms with Gasteiger partial charge in [-0.05, 0) is 56.2 Å². The Morgan fingerprint density at radius 1 is 0.971 bits per heavy atom. The summed E-state index contributed by atoms with van der Waals surface area (Å²) >= 11 is 0. The van der Waals surface area contributed by atoms with Gasteiger partial charge in [0, 0.05) is 38.3 Å². The minimum absolute atomic E-state index is 0.00961. The largest absolute Gasteiger partial charge is 0.497 e. The van der Waals surface area contributed by atoms with E-state index in [1.165, 1.54) is 5.56 Å². The number of hydrogen-bond acceptors (Lipinski definition) is 7. The van der Waals surface area contributed by atoms with Crippen molar-refractivity contribution in [1.82, 2.24) is 15.0 Å². The van der Waals surface area contributed by atoms with Crippen LogP contribution >= 0.6 is 0 Å². The van der Waals surface area contributed by atoms with Crippen molar-refractivity contribution in [3.05, 3.63) is 70.6 Å². The zero-order chi connectivity index (χ0) is 24.8. The van der Waals surface area contributed by atoms with Crippen LogP contribution in [0, 0.1) is 13.8 Å². The third kappa shape index (κ3) is 5.95. The minimum Gasteiger partial charge on any atom is -0.497 e. The lowest BCUT2D eigenvalue weighted by molar-refractivity contribution is 0.0638. The lowest BCUT2D eigenvalue weighted by atomic mass is 10.1. The van der Waals surface area contributed by atoms with E-state index < -0.39 is 0 Å². The van der Waals surface area contributed by atoms with Crippen molar-refractivity contribution in [2.75, 3.05) is 46.9 Å². The van der Waals surface area contributed by atoms with Gasteiger partial charge in [-0.15, -0.1) is 0 Å². The van der Waals surface area contributed by atoms with E-state index in [9.17, 15) is 4.79 Å². The van der Waals surface area contributed by atoms with Crippen molar-refractivity contribution in [3.63, 3.8) is 0 Å². The number of aryl methyl sites for hydroxylation is 2. The molecule has 186 valence electrons. The number of ether oxygens (including phenoxy) is 3. The van der Waals surface area contributed by atoms with E-state index in [1.807, 2.05) is 30.9 Å². The van der Waals surface area contributed by atoms with Crippen molar-refractivity contribution < 1.29 is 23.5 Å². The first-order valence-electron chi connectivity index (χ1n) is 11.9. The number of amides is 1. The Bertz CT molecular complexity index is 1110. The third-order valence-electron chi connectivity index (χ3n) is 6.50. The maximum atomic E-state index is 13.1. The Hall–Kier alpha value is -3.52. The molecule has 8 nitrogen and oxygen atoms in total. The standard InChI is InChI=1S/C27H33N3O5/c1-19-24(20(2)35-28-19)18-34-25-10-7-22(17-26(25)33-4)27(31)30-15-13-29(14-16-30)12-11-21-5-8-23(32-3)9-6-21/h5-10,17H,11-16,18H2,1-4H3. The van der Waals surface area contributed by atoms with Gasteiger partial charge in [0.15, 0.2) is 11.5 Å². The van der Waals surface area contributed by atoms with Crippen molar-refractivity contribution in [1.29, 1.82) is 0 Å². The maximum Gasteiger partial charge on any atom is 0.254 e. The summed E-state index contributed by atoms with van der Waals surface area (Å²) in [4.78, 5) is 17.4. The molecule has 3 aromatic rings. The molecule has 2 aromatic carbocycles. The molecule has 0 spiro atoms. The molecule has 1 saturated heterocycles. The molecular weight excluding hydrogens is 446 g/mol. The van der Waals surface area contributed by atoms with Crippen molar-refractivity contribution in [2.45, 2.75) is 26.9 Å². The Balaban J connectivity index is 1.30. The summed E-state index contributed by atoms with van der Waals surface area (Å²) in [6.45, 7) is 8.16. The fourth-order valence-corrected chi connectivity index (χ4v) is 4.21. The van der Waals surface area contributed by atoms with Crippen LogP contribution < -0.4 is 14.2 Å². The molecule has 0 bridgehead atoms. The van der Waals surface area contributed by atoms with Crippen LogP contribution in [0.15, 0.2) is 47.0 Å². The molecule has 1 aromatic heterocycles. The summed E-state index contributed by atoms with van der Waals surface area (Å²) in [5.74, 6) is 2.72. The van der Waals surface area contributed by atoms with E-state index in [2.05, 4.69) is 22.2 Å². The molecule has 0 aliphatic carbocycles. The van der Waals surface area contributed by atoms with Gasteiger partial charge < -0.3 is 23.6 Å². The van der Waals surface area contributed by atoms with Gasteiger partial charge in [0.25, 0.3) is 5.91 Å². The summed E-state index contributed by atoms with van der Waals surface area (Å²) in [6, 6.07) is 13.5. The molecule has 0 unspecified atom stereocenters. The number of carbonyl (C=O) groups excluding carboxylic acids is 1. The van der Waals surface area contributed by atoms with Crippen molar-refractivity contribution in [2.24, 2.45) is 0 Å². The van der Waals surface area contributed by atoms with Crippen LogP contribution in [0.25, 0.3) is 0 Å². The minimum atomic E-state index is 0.00961. The second kappa shape index (κ2) is 11.3. The van der Waals surface area contributed by atoms with Crippen LogP contribution in [0.3, 0.4) is 0 Å². The lowest BCUT2D eigenvalue weighted by Gasteiger charge is -2.34. The van der Waals surface area contributed by atoms with Gasteiger partial charge in [0.2, 0.25) is 0 Å². The third-order valence-corrected chi connectivity index (χ3v) is 6.50. The number of nitrogens with zero attached hydrogens (tertiary/aromatic N) is 3. The van der Waals surface area contributed by atoms with E-state index in [1.54, 1.807) is 32.4 Å². The highest BCUT2D eigenvalue weighted by atomic mass is 16.5. The van der Waals surface area contributed by atoms with Crippen LogP contribution in [-0.2, 0) is 13.0 Å². The monoisotopic (exact) mass is 479 g/mol. The molecule has 4 rings (SSSR count). The smallest absolute Gasteiger partial charge is 0.254 e. The first kappa shape index (κ1) is 24.6. The number of rotatable bonds is 9. The van der Waals surface area contributed by atoms with Gasteiger partial charge in [-0.1, -0.05) is 17.3 Å². The second-order valence-corrected chi connectivity index (χ2v) is 8.69. The number of methoxy groups -OCH3 is 2. The summed E-state index contributed by atoms with van der Waals surface area (Å²) in [6.07, 6.45) is 0.977. The molecule has 0 N–H and O–H groups in total. The van der Waals surface area contributed by atoms with Crippen molar-refractivity contribution in [3.8, 4) is 17.2 Å². The first-order chi connectivity index (χ1) is 17.0. The SMILES string of the molecule is COc1ccc(CCN2CCN(C(=O)c3ccc(OCc4c(C)noc4C)c(OC)c3)CC2)cc1.